The zero-order valence-corrected chi connectivity index (χ0v) is 20.5. The number of hydrogen-bond acceptors (Lipinski definition) is 4. The number of benzene rings is 2. The number of piperidine rings is 1. The van der Waals surface area contributed by atoms with Crippen LogP contribution < -0.4 is 4.74 Å². The summed E-state index contributed by atoms with van der Waals surface area (Å²) in [7, 11) is 3.42. The molecule has 4 rings (SSSR count). The van der Waals surface area contributed by atoms with Crippen LogP contribution in [-0.2, 0) is 13.0 Å². The lowest BCUT2D eigenvalue weighted by atomic mass is 9.84. The lowest BCUT2D eigenvalue weighted by Crippen LogP contribution is -2.47. The van der Waals surface area contributed by atoms with Gasteiger partial charge in [0.1, 0.15) is 17.3 Å². The van der Waals surface area contributed by atoms with Gasteiger partial charge < -0.3 is 9.64 Å². The number of likely N-dealkylation sites (N-methyl/N-ethyl adjacent to an activating group) is 1. The van der Waals surface area contributed by atoms with Crippen LogP contribution in [0.5, 0.6) is 5.75 Å². The number of likely N-dealkylation sites (tertiary alicyclic amines) is 1. The highest BCUT2D eigenvalue weighted by molar-refractivity contribution is 5.92. The summed E-state index contributed by atoms with van der Waals surface area (Å²) in [6.45, 7) is 1.17. The molecule has 1 fully saturated rings. The van der Waals surface area contributed by atoms with Gasteiger partial charge in [-0.25, -0.2) is 13.2 Å². The molecular weight excluding hydrogens is 467 g/mol. The van der Waals surface area contributed by atoms with Gasteiger partial charge in [-0.3, -0.25) is 14.7 Å². The summed E-state index contributed by atoms with van der Waals surface area (Å²) in [6, 6.07) is 14.7. The van der Waals surface area contributed by atoms with Gasteiger partial charge in [0.25, 0.3) is 5.91 Å². The Hall–Kier alpha value is -3.39. The Morgan fingerprint density at radius 2 is 1.83 bits per heavy atom. The molecule has 1 aliphatic heterocycles. The Morgan fingerprint density at radius 3 is 2.53 bits per heavy atom. The number of amides is 1. The zero-order chi connectivity index (χ0) is 25.7. The van der Waals surface area contributed by atoms with Gasteiger partial charge in [-0.2, -0.15) is 0 Å². The van der Waals surface area contributed by atoms with Crippen molar-refractivity contribution in [2.24, 2.45) is 5.92 Å². The van der Waals surface area contributed by atoms with Crippen LogP contribution in [0.25, 0.3) is 0 Å². The summed E-state index contributed by atoms with van der Waals surface area (Å²) in [5, 5.41) is 0. The maximum atomic E-state index is 14.2. The van der Waals surface area contributed by atoms with Crippen molar-refractivity contribution in [1.82, 2.24) is 14.8 Å². The summed E-state index contributed by atoms with van der Waals surface area (Å²) in [4.78, 5) is 21.2. The fourth-order valence-electron chi connectivity index (χ4n) is 4.91. The summed E-state index contributed by atoms with van der Waals surface area (Å²) >= 11 is 0. The molecule has 1 amide bonds. The molecule has 2 aromatic carbocycles. The molecule has 0 N–H and O–H groups in total. The largest absolute Gasteiger partial charge is 0.497 e. The number of hydrogen-bond donors (Lipinski definition) is 0. The molecule has 0 spiro atoms. The average Bonchev–Trinajstić information content (AvgIpc) is 2.92. The predicted octanol–water partition coefficient (Wildman–Crippen LogP) is 5.10. The Balaban J connectivity index is 1.51. The van der Waals surface area contributed by atoms with Gasteiger partial charge in [0.2, 0.25) is 0 Å². The van der Waals surface area contributed by atoms with Crippen molar-refractivity contribution in [2.75, 3.05) is 27.2 Å². The Kier molecular flexibility index (Phi) is 8.25. The molecule has 0 bridgehead atoms. The molecule has 3 aromatic rings. The zero-order valence-electron chi connectivity index (χ0n) is 20.5. The molecule has 5 nitrogen and oxygen atoms in total. The first-order chi connectivity index (χ1) is 17.4. The minimum Gasteiger partial charge on any atom is -0.497 e. The van der Waals surface area contributed by atoms with Crippen LogP contribution in [0.2, 0.25) is 0 Å². The molecule has 0 unspecified atom stereocenters. The Bertz CT molecular complexity index is 1180. The Labute approximate surface area is 209 Å². The predicted molar refractivity (Wildman–Crippen MR) is 131 cm³/mol. The molecule has 1 aromatic heterocycles. The number of nitrogens with zero attached hydrogens (tertiary/aromatic N) is 3. The first-order valence-electron chi connectivity index (χ1n) is 12.0. The van der Waals surface area contributed by atoms with Gasteiger partial charge in [-0.05, 0) is 80.2 Å². The second kappa shape index (κ2) is 11.6. The molecular formula is C28H30F3N3O2. The van der Waals surface area contributed by atoms with E-state index in [0.29, 0.717) is 25.2 Å². The monoisotopic (exact) mass is 497 g/mol. The number of carbonyl (C=O) groups is 1. The summed E-state index contributed by atoms with van der Waals surface area (Å²) < 4.78 is 47.3. The summed E-state index contributed by atoms with van der Waals surface area (Å²) in [5.41, 5.74) is 1.18. The molecule has 190 valence electrons. The molecule has 1 aliphatic rings. The second-order valence-electron chi connectivity index (χ2n) is 9.19. The highest BCUT2D eigenvalue weighted by atomic mass is 19.2. The normalized spacial score (nSPS) is 15.5. The summed E-state index contributed by atoms with van der Waals surface area (Å²) in [6.07, 6.45) is 3.69. The molecule has 2 heterocycles. The van der Waals surface area contributed by atoms with E-state index < -0.39 is 17.5 Å². The number of carbonyl (C=O) groups excluding carboxylic acids is 1. The quantitative estimate of drug-likeness (QED) is 0.406. The van der Waals surface area contributed by atoms with E-state index in [0.717, 1.165) is 36.3 Å². The smallest absolute Gasteiger partial charge is 0.272 e. The number of rotatable bonds is 8. The van der Waals surface area contributed by atoms with Crippen molar-refractivity contribution in [3.8, 4) is 5.75 Å². The standard InChI is InChI=1S/C28H30F3N3O2/c1-33(28(35)25-8-3-4-13-32-25)26(17-19-6-5-7-21(16-19)36-2)20-11-14-34(15-12-20)18-22-23(29)9-10-24(30)27(22)31/h3-10,13,16,20,26H,11-12,14-15,17-18H2,1-2H3/t26-/m1/s1. The first kappa shape index (κ1) is 25.7. The number of ether oxygens (including phenoxy) is 1. The number of halogens is 3. The van der Waals surface area contributed by atoms with Crippen molar-refractivity contribution in [1.29, 1.82) is 0 Å². The molecule has 36 heavy (non-hydrogen) atoms. The molecule has 8 heteroatoms. The van der Waals surface area contributed by atoms with Crippen LogP contribution in [0, 0.1) is 23.4 Å². The van der Waals surface area contributed by atoms with Gasteiger partial charge in [-0.15, -0.1) is 0 Å². The van der Waals surface area contributed by atoms with Gasteiger partial charge in [0, 0.05) is 31.4 Å². The van der Waals surface area contributed by atoms with Crippen LogP contribution in [0.3, 0.4) is 0 Å². The first-order valence-corrected chi connectivity index (χ1v) is 12.0. The second-order valence-corrected chi connectivity index (χ2v) is 9.19. The molecule has 0 aliphatic carbocycles. The number of pyridine rings is 1. The van der Waals surface area contributed by atoms with Crippen molar-refractivity contribution >= 4 is 5.91 Å². The van der Waals surface area contributed by atoms with Crippen LogP contribution in [0.4, 0.5) is 13.2 Å². The van der Waals surface area contributed by atoms with E-state index in [1.807, 2.05) is 29.2 Å². The van der Waals surface area contributed by atoms with E-state index in [4.69, 9.17) is 4.74 Å². The van der Waals surface area contributed by atoms with E-state index in [2.05, 4.69) is 4.98 Å². The lowest BCUT2D eigenvalue weighted by Gasteiger charge is -2.40. The fourth-order valence-corrected chi connectivity index (χ4v) is 4.91. The van der Waals surface area contributed by atoms with Gasteiger partial charge in [-0.1, -0.05) is 18.2 Å². The van der Waals surface area contributed by atoms with E-state index in [9.17, 15) is 18.0 Å². The third-order valence-corrected chi connectivity index (χ3v) is 6.98. The third-order valence-electron chi connectivity index (χ3n) is 6.98. The van der Waals surface area contributed by atoms with E-state index in [-0.39, 0.29) is 30.0 Å². The van der Waals surface area contributed by atoms with Gasteiger partial charge >= 0.3 is 0 Å². The van der Waals surface area contributed by atoms with Gasteiger partial charge in [0.05, 0.1) is 7.11 Å². The topological polar surface area (TPSA) is 45.7 Å². The maximum Gasteiger partial charge on any atom is 0.272 e. The highest BCUT2D eigenvalue weighted by Gasteiger charge is 2.33. The molecule has 1 atom stereocenters. The number of aromatic nitrogens is 1. The van der Waals surface area contributed by atoms with Crippen molar-refractivity contribution in [2.45, 2.75) is 31.8 Å². The van der Waals surface area contributed by atoms with Crippen molar-refractivity contribution in [3.05, 3.63) is 95.1 Å². The van der Waals surface area contributed by atoms with E-state index in [1.165, 1.54) is 0 Å². The van der Waals surface area contributed by atoms with Crippen molar-refractivity contribution in [3.63, 3.8) is 0 Å². The van der Waals surface area contributed by atoms with Gasteiger partial charge in [0.15, 0.2) is 11.6 Å². The molecule has 1 saturated heterocycles. The lowest BCUT2D eigenvalue weighted by molar-refractivity contribution is 0.0577. The fraction of sp³-hybridized carbons (Fsp3) is 0.357. The molecule has 0 radical (unpaired) electrons. The van der Waals surface area contributed by atoms with Crippen LogP contribution in [0.1, 0.15) is 34.5 Å². The van der Waals surface area contributed by atoms with Crippen LogP contribution in [-0.4, -0.2) is 54.0 Å². The summed E-state index contributed by atoms with van der Waals surface area (Å²) in [5.74, 6) is -2.17. The van der Waals surface area contributed by atoms with Crippen LogP contribution in [0.15, 0.2) is 60.8 Å². The number of methoxy groups -OCH3 is 1. The van der Waals surface area contributed by atoms with Crippen molar-refractivity contribution < 1.29 is 22.7 Å². The average molecular weight is 498 g/mol. The minimum atomic E-state index is -1.13. The van der Waals surface area contributed by atoms with E-state index in [1.54, 1.807) is 43.5 Å². The minimum absolute atomic E-state index is 0.00536. The van der Waals surface area contributed by atoms with E-state index >= 15 is 0 Å². The Morgan fingerprint density at radius 1 is 1.08 bits per heavy atom. The highest BCUT2D eigenvalue weighted by Crippen LogP contribution is 2.29. The molecule has 0 saturated carbocycles. The van der Waals surface area contributed by atoms with Crippen LogP contribution >= 0.6 is 0 Å². The SMILES string of the molecule is COc1cccc(C[C@H](C2CCN(Cc3c(F)ccc(F)c3F)CC2)N(C)C(=O)c2ccccn2)c1. The third kappa shape index (κ3) is 5.87. The maximum absolute atomic E-state index is 14.2.